The molecule has 1 unspecified atom stereocenters. The maximum Gasteiger partial charge on any atom is 0.308 e. The van der Waals surface area contributed by atoms with Crippen LogP contribution in [0.1, 0.15) is 36.5 Å². The standard InChI is InChI=1S/C21H21NO4/c1-13(23)25-20-9-8-18-17(12-22)10-16(15-6-4-3-5-7-15)11-19(18)21(20)26-14(2)24/h3-10,16H,11-12,22H2,1-2H3. The van der Waals surface area contributed by atoms with E-state index in [2.05, 4.69) is 18.2 Å². The summed E-state index contributed by atoms with van der Waals surface area (Å²) in [6.07, 6.45) is 2.78. The molecule has 0 bridgehead atoms. The second kappa shape index (κ2) is 7.54. The summed E-state index contributed by atoms with van der Waals surface area (Å²) in [5.41, 5.74) is 9.84. The first-order chi connectivity index (χ1) is 12.5. The third-order valence-corrected chi connectivity index (χ3v) is 4.34. The minimum atomic E-state index is -0.469. The molecule has 2 aromatic carbocycles. The summed E-state index contributed by atoms with van der Waals surface area (Å²) in [6, 6.07) is 13.6. The van der Waals surface area contributed by atoms with E-state index in [-0.39, 0.29) is 11.7 Å². The molecule has 1 atom stereocenters. The highest BCUT2D eigenvalue weighted by Crippen LogP contribution is 2.43. The number of hydrogen-bond acceptors (Lipinski definition) is 5. The molecule has 134 valence electrons. The third-order valence-electron chi connectivity index (χ3n) is 4.34. The van der Waals surface area contributed by atoms with Gasteiger partial charge in [0.15, 0.2) is 11.5 Å². The highest BCUT2D eigenvalue weighted by molar-refractivity contribution is 5.80. The Bertz CT molecular complexity index is 871. The Balaban J connectivity index is 2.13. The van der Waals surface area contributed by atoms with Crippen molar-refractivity contribution in [3.8, 4) is 11.5 Å². The van der Waals surface area contributed by atoms with Gasteiger partial charge < -0.3 is 15.2 Å². The van der Waals surface area contributed by atoms with Crippen LogP contribution in [-0.4, -0.2) is 18.5 Å². The van der Waals surface area contributed by atoms with Gasteiger partial charge in [-0.2, -0.15) is 0 Å². The van der Waals surface area contributed by atoms with Crippen molar-refractivity contribution in [2.24, 2.45) is 5.73 Å². The number of esters is 2. The summed E-state index contributed by atoms with van der Waals surface area (Å²) >= 11 is 0. The summed E-state index contributed by atoms with van der Waals surface area (Å²) in [7, 11) is 0. The van der Waals surface area contributed by atoms with E-state index in [0.29, 0.717) is 18.7 Å². The van der Waals surface area contributed by atoms with E-state index in [9.17, 15) is 9.59 Å². The smallest absolute Gasteiger partial charge is 0.308 e. The normalized spacial score (nSPS) is 15.7. The highest BCUT2D eigenvalue weighted by Gasteiger charge is 2.27. The fraction of sp³-hybridized carbons (Fsp3) is 0.238. The molecule has 0 radical (unpaired) electrons. The van der Waals surface area contributed by atoms with Crippen LogP contribution in [0.15, 0.2) is 48.5 Å². The first-order valence-corrected chi connectivity index (χ1v) is 8.48. The van der Waals surface area contributed by atoms with Gasteiger partial charge in [-0.15, -0.1) is 0 Å². The summed E-state index contributed by atoms with van der Waals surface area (Å²) in [5.74, 6) is -0.291. The lowest BCUT2D eigenvalue weighted by Gasteiger charge is -2.26. The fourth-order valence-electron chi connectivity index (χ4n) is 3.30. The number of allylic oxidation sites excluding steroid dienone is 1. The largest absolute Gasteiger partial charge is 0.423 e. The van der Waals surface area contributed by atoms with E-state index in [1.54, 1.807) is 6.07 Å². The summed E-state index contributed by atoms with van der Waals surface area (Å²) in [5, 5.41) is 0. The fourth-order valence-corrected chi connectivity index (χ4v) is 3.30. The van der Waals surface area contributed by atoms with Crippen LogP contribution in [0.3, 0.4) is 0 Å². The average Bonchev–Trinajstić information content (AvgIpc) is 2.62. The number of nitrogens with two attached hydrogens (primary N) is 1. The molecule has 5 heteroatoms. The van der Waals surface area contributed by atoms with Crippen molar-refractivity contribution in [1.29, 1.82) is 0 Å². The van der Waals surface area contributed by atoms with E-state index < -0.39 is 11.9 Å². The lowest BCUT2D eigenvalue weighted by molar-refractivity contribution is -0.134. The Labute approximate surface area is 152 Å². The number of benzene rings is 2. The van der Waals surface area contributed by atoms with Gasteiger partial charge in [0.25, 0.3) is 0 Å². The molecule has 0 heterocycles. The van der Waals surface area contributed by atoms with E-state index in [4.69, 9.17) is 15.2 Å². The van der Waals surface area contributed by atoms with Gasteiger partial charge in [-0.05, 0) is 29.2 Å². The van der Waals surface area contributed by atoms with E-state index >= 15 is 0 Å². The van der Waals surface area contributed by atoms with Crippen LogP contribution in [0.5, 0.6) is 11.5 Å². The Hall–Kier alpha value is -2.92. The number of rotatable bonds is 4. The molecule has 1 aliphatic rings. The molecule has 26 heavy (non-hydrogen) atoms. The van der Waals surface area contributed by atoms with Gasteiger partial charge in [-0.25, -0.2) is 0 Å². The zero-order chi connectivity index (χ0) is 18.7. The first-order valence-electron chi connectivity index (χ1n) is 8.48. The molecule has 2 aromatic rings. The van der Waals surface area contributed by atoms with Crippen molar-refractivity contribution < 1.29 is 19.1 Å². The van der Waals surface area contributed by atoms with Crippen molar-refractivity contribution in [2.45, 2.75) is 26.2 Å². The van der Waals surface area contributed by atoms with Gasteiger partial charge in [-0.1, -0.05) is 42.5 Å². The number of carbonyl (C=O) groups is 2. The van der Waals surface area contributed by atoms with Crippen molar-refractivity contribution in [1.82, 2.24) is 0 Å². The molecule has 1 aliphatic carbocycles. The minimum Gasteiger partial charge on any atom is -0.423 e. The SMILES string of the molecule is CC(=O)Oc1ccc2c(c1OC(C)=O)CC(c1ccccc1)C=C2CN. The maximum absolute atomic E-state index is 11.6. The Morgan fingerprint density at radius 2 is 1.73 bits per heavy atom. The number of ether oxygens (including phenoxy) is 2. The van der Waals surface area contributed by atoms with E-state index in [1.165, 1.54) is 13.8 Å². The first kappa shape index (κ1) is 17.9. The van der Waals surface area contributed by atoms with Crippen LogP contribution < -0.4 is 15.2 Å². The predicted octanol–water partition coefficient (Wildman–Crippen LogP) is 3.22. The van der Waals surface area contributed by atoms with Crippen molar-refractivity contribution in [3.05, 3.63) is 65.2 Å². The molecule has 0 saturated heterocycles. The van der Waals surface area contributed by atoms with Gasteiger partial charge in [0.2, 0.25) is 0 Å². The van der Waals surface area contributed by atoms with E-state index in [1.807, 2.05) is 24.3 Å². The Morgan fingerprint density at radius 1 is 1.04 bits per heavy atom. The van der Waals surface area contributed by atoms with Gasteiger partial charge >= 0.3 is 11.9 Å². The zero-order valence-electron chi connectivity index (χ0n) is 14.8. The molecule has 3 rings (SSSR count). The molecular formula is C21H21NO4. The van der Waals surface area contributed by atoms with Gasteiger partial charge in [0, 0.05) is 31.9 Å². The van der Waals surface area contributed by atoms with E-state index in [0.717, 1.165) is 22.3 Å². The maximum atomic E-state index is 11.6. The molecule has 2 N–H and O–H groups in total. The van der Waals surface area contributed by atoms with Crippen molar-refractivity contribution in [3.63, 3.8) is 0 Å². The zero-order valence-corrected chi connectivity index (χ0v) is 14.8. The summed E-state index contributed by atoms with van der Waals surface area (Å²) in [4.78, 5) is 23.1. The van der Waals surface area contributed by atoms with Crippen LogP contribution in [0, 0.1) is 0 Å². The Kier molecular flexibility index (Phi) is 5.19. The summed E-state index contributed by atoms with van der Waals surface area (Å²) < 4.78 is 10.7. The number of carbonyl (C=O) groups excluding carboxylic acids is 2. The average molecular weight is 351 g/mol. The number of fused-ring (bicyclic) bond motifs is 1. The lowest BCUT2D eigenvalue weighted by atomic mass is 9.80. The topological polar surface area (TPSA) is 78.6 Å². The molecular weight excluding hydrogens is 330 g/mol. The summed E-state index contributed by atoms with van der Waals surface area (Å²) in [6.45, 7) is 3.01. The van der Waals surface area contributed by atoms with Crippen molar-refractivity contribution in [2.75, 3.05) is 6.54 Å². The molecule has 0 fully saturated rings. The van der Waals surface area contributed by atoms with Crippen LogP contribution in [0.4, 0.5) is 0 Å². The Morgan fingerprint density at radius 3 is 2.35 bits per heavy atom. The van der Waals surface area contributed by atoms with Crippen LogP contribution in [-0.2, 0) is 16.0 Å². The predicted molar refractivity (Wildman–Crippen MR) is 99.0 cm³/mol. The molecule has 5 nitrogen and oxygen atoms in total. The minimum absolute atomic E-state index is 0.101. The molecule has 0 saturated carbocycles. The van der Waals surface area contributed by atoms with Gasteiger partial charge in [0.1, 0.15) is 0 Å². The van der Waals surface area contributed by atoms with Crippen LogP contribution in [0.2, 0.25) is 0 Å². The molecule has 0 aliphatic heterocycles. The van der Waals surface area contributed by atoms with Crippen LogP contribution >= 0.6 is 0 Å². The lowest BCUT2D eigenvalue weighted by Crippen LogP contribution is -2.17. The third kappa shape index (κ3) is 3.68. The molecule has 0 amide bonds. The highest BCUT2D eigenvalue weighted by atomic mass is 16.6. The second-order valence-corrected chi connectivity index (χ2v) is 6.22. The monoisotopic (exact) mass is 351 g/mol. The molecule has 0 aromatic heterocycles. The van der Waals surface area contributed by atoms with Crippen molar-refractivity contribution >= 4 is 17.5 Å². The second-order valence-electron chi connectivity index (χ2n) is 6.22. The van der Waals surface area contributed by atoms with Gasteiger partial charge in [0.05, 0.1) is 0 Å². The van der Waals surface area contributed by atoms with Crippen LogP contribution in [0.25, 0.3) is 5.57 Å². The van der Waals surface area contributed by atoms with Gasteiger partial charge in [-0.3, -0.25) is 9.59 Å². The molecule has 0 spiro atoms. The quantitative estimate of drug-likeness (QED) is 0.676. The number of hydrogen-bond donors (Lipinski definition) is 1.